The second-order valence-electron chi connectivity index (χ2n) is 4.60. The van der Waals surface area contributed by atoms with E-state index in [-0.39, 0.29) is 5.92 Å². The van der Waals surface area contributed by atoms with Gasteiger partial charge < -0.3 is 4.90 Å². The van der Waals surface area contributed by atoms with Gasteiger partial charge in [-0.1, -0.05) is 0 Å². The Hall–Kier alpha value is -1.76. The maximum Gasteiger partial charge on any atom is 0.285 e. The van der Waals surface area contributed by atoms with E-state index >= 15 is 0 Å². The van der Waals surface area contributed by atoms with Crippen molar-refractivity contribution in [1.29, 1.82) is 0 Å². The number of nitro benzene ring substituents is 1. The van der Waals surface area contributed by atoms with Crippen LogP contribution in [-0.4, -0.2) is 34.7 Å². The number of alkyl halides is 1. The Labute approximate surface area is 118 Å². The minimum absolute atomic E-state index is 0.116. The molecular weight excluding hydrogens is 294 g/mol. The Bertz CT molecular complexity index is 568. The summed E-state index contributed by atoms with van der Waals surface area (Å²) in [4.78, 5) is 23.5. The number of nitrogens with zero attached hydrogens (tertiary/aromatic N) is 2. The van der Waals surface area contributed by atoms with Crippen molar-refractivity contribution in [3.63, 3.8) is 0 Å². The van der Waals surface area contributed by atoms with E-state index in [1.54, 1.807) is 0 Å². The number of carbonyl (C=O) groups is 1. The minimum Gasteiger partial charge on any atom is -0.338 e. The molecule has 108 valence electrons. The van der Waals surface area contributed by atoms with Crippen LogP contribution in [0.4, 0.5) is 14.5 Å². The van der Waals surface area contributed by atoms with Crippen LogP contribution in [0.5, 0.6) is 0 Å². The first-order valence-electron chi connectivity index (χ1n) is 5.92. The number of hydrogen-bond acceptors (Lipinski definition) is 3. The van der Waals surface area contributed by atoms with Crippen molar-refractivity contribution in [2.24, 2.45) is 5.92 Å². The molecule has 1 unspecified atom stereocenters. The second kappa shape index (κ2) is 5.70. The maximum absolute atomic E-state index is 13.2. The van der Waals surface area contributed by atoms with E-state index < -0.39 is 33.7 Å². The zero-order valence-corrected chi connectivity index (χ0v) is 11.1. The molecule has 0 aromatic heterocycles. The predicted molar refractivity (Wildman–Crippen MR) is 67.7 cm³/mol. The highest BCUT2D eigenvalue weighted by Crippen LogP contribution is 2.26. The van der Waals surface area contributed by atoms with Crippen molar-refractivity contribution in [2.75, 3.05) is 19.0 Å². The molecule has 5 nitrogen and oxygen atoms in total. The molecule has 0 radical (unpaired) electrons. The first-order valence-corrected chi connectivity index (χ1v) is 6.46. The molecule has 1 aliphatic rings. The van der Waals surface area contributed by atoms with E-state index in [9.17, 15) is 23.7 Å². The van der Waals surface area contributed by atoms with Crippen LogP contribution in [0.25, 0.3) is 0 Å². The number of halogens is 3. The molecule has 1 saturated heterocycles. The minimum atomic E-state index is -1.35. The van der Waals surface area contributed by atoms with Crippen molar-refractivity contribution in [3.8, 4) is 0 Å². The van der Waals surface area contributed by atoms with E-state index in [0.717, 1.165) is 0 Å². The summed E-state index contributed by atoms with van der Waals surface area (Å²) in [6, 6.07) is 1.00. The van der Waals surface area contributed by atoms with Gasteiger partial charge in [-0.05, 0) is 18.4 Å². The first kappa shape index (κ1) is 14.6. The lowest BCUT2D eigenvalue weighted by atomic mass is 10.1. The van der Waals surface area contributed by atoms with Gasteiger partial charge in [-0.15, -0.1) is 11.6 Å². The largest absolute Gasteiger partial charge is 0.338 e. The van der Waals surface area contributed by atoms with Gasteiger partial charge in [0, 0.05) is 19.0 Å². The van der Waals surface area contributed by atoms with E-state index in [4.69, 9.17) is 11.6 Å². The topological polar surface area (TPSA) is 63.4 Å². The summed E-state index contributed by atoms with van der Waals surface area (Å²) in [6.45, 7) is 0.755. The van der Waals surface area contributed by atoms with E-state index in [0.29, 0.717) is 37.5 Å². The van der Waals surface area contributed by atoms with Crippen LogP contribution in [0.1, 0.15) is 16.8 Å². The highest BCUT2D eigenvalue weighted by Gasteiger charge is 2.31. The molecule has 8 heteroatoms. The highest BCUT2D eigenvalue weighted by atomic mass is 35.5. The number of nitro groups is 1. The number of benzene rings is 1. The number of carbonyl (C=O) groups excluding carboxylic acids is 1. The Balaban J connectivity index is 2.34. The molecular formula is C12H11ClF2N2O3. The zero-order valence-electron chi connectivity index (χ0n) is 10.3. The van der Waals surface area contributed by atoms with Crippen LogP contribution < -0.4 is 0 Å². The van der Waals surface area contributed by atoms with Crippen LogP contribution in [0, 0.1) is 27.7 Å². The van der Waals surface area contributed by atoms with Gasteiger partial charge in [0.15, 0.2) is 11.6 Å². The summed E-state index contributed by atoms with van der Waals surface area (Å²) in [6.07, 6.45) is 0.687. The van der Waals surface area contributed by atoms with E-state index in [1.807, 2.05) is 0 Å². The summed E-state index contributed by atoms with van der Waals surface area (Å²) < 4.78 is 26.3. The maximum atomic E-state index is 13.2. The van der Waals surface area contributed by atoms with E-state index in [1.165, 1.54) is 4.90 Å². The summed E-state index contributed by atoms with van der Waals surface area (Å²) in [5, 5.41) is 10.8. The van der Waals surface area contributed by atoms with E-state index in [2.05, 4.69) is 0 Å². The SMILES string of the molecule is O=C(c1cc(F)c(F)cc1[N+](=O)[O-])N1CCC(CCl)C1. The van der Waals surface area contributed by atoms with Gasteiger partial charge in [0.05, 0.1) is 11.0 Å². The van der Waals surface area contributed by atoms with Gasteiger partial charge in [-0.25, -0.2) is 8.78 Å². The normalized spacial score (nSPS) is 18.4. The average Bonchev–Trinajstić information content (AvgIpc) is 2.89. The molecule has 1 atom stereocenters. The van der Waals surface area contributed by atoms with Gasteiger partial charge in [-0.3, -0.25) is 14.9 Å². The molecule has 2 rings (SSSR count). The van der Waals surface area contributed by atoms with Crippen molar-refractivity contribution in [1.82, 2.24) is 4.90 Å². The molecule has 1 aromatic carbocycles. The van der Waals surface area contributed by atoms with Crippen molar-refractivity contribution >= 4 is 23.2 Å². The third-order valence-electron chi connectivity index (χ3n) is 3.26. The van der Waals surface area contributed by atoms with Crippen molar-refractivity contribution in [2.45, 2.75) is 6.42 Å². The number of rotatable bonds is 3. The Kier molecular flexibility index (Phi) is 4.17. The molecule has 1 heterocycles. The second-order valence-corrected chi connectivity index (χ2v) is 4.91. The van der Waals surface area contributed by atoms with Gasteiger partial charge >= 0.3 is 0 Å². The molecule has 1 fully saturated rings. The Morgan fingerprint density at radius 3 is 2.65 bits per heavy atom. The monoisotopic (exact) mass is 304 g/mol. The first-order chi connectivity index (χ1) is 9.43. The van der Waals surface area contributed by atoms with Crippen LogP contribution in [0.2, 0.25) is 0 Å². The fourth-order valence-corrected chi connectivity index (χ4v) is 2.42. The fraction of sp³-hybridized carbons (Fsp3) is 0.417. The average molecular weight is 305 g/mol. The Morgan fingerprint density at radius 2 is 2.10 bits per heavy atom. The number of hydrogen-bond donors (Lipinski definition) is 0. The molecule has 0 N–H and O–H groups in total. The van der Waals surface area contributed by atoms with Gasteiger partial charge in [0.25, 0.3) is 11.6 Å². The molecule has 0 spiro atoms. The summed E-state index contributed by atoms with van der Waals surface area (Å²) >= 11 is 5.70. The molecule has 20 heavy (non-hydrogen) atoms. The lowest BCUT2D eigenvalue weighted by Gasteiger charge is -2.16. The van der Waals surface area contributed by atoms with Crippen LogP contribution in [-0.2, 0) is 0 Å². The number of amides is 1. The summed E-state index contributed by atoms with van der Waals surface area (Å²) in [5.74, 6) is -2.82. The fourth-order valence-electron chi connectivity index (χ4n) is 2.17. The lowest BCUT2D eigenvalue weighted by Crippen LogP contribution is -2.29. The van der Waals surface area contributed by atoms with Crippen molar-refractivity contribution in [3.05, 3.63) is 39.4 Å². The third kappa shape index (κ3) is 2.72. The van der Waals surface area contributed by atoms with Crippen LogP contribution in [0.15, 0.2) is 12.1 Å². The third-order valence-corrected chi connectivity index (χ3v) is 3.69. The quantitative estimate of drug-likeness (QED) is 0.490. The molecule has 1 aliphatic heterocycles. The smallest absolute Gasteiger partial charge is 0.285 e. The Morgan fingerprint density at radius 1 is 1.45 bits per heavy atom. The molecule has 1 aromatic rings. The summed E-state index contributed by atoms with van der Waals surface area (Å²) in [5.41, 5.74) is -1.17. The van der Waals surface area contributed by atoms with Gasteiger partial charge in [-0.2, -0.15) is 0 Å². The predicted octanol–water partition coefficient (Wildman–Crippen LogP) is 2.57. The van der Waals surface area contributed by atoms with Gasteiger partial charge in [0.2, 0.25) is 0 Å². The summed E-state index contributed by atoms with van der Waals surface area (Å²) in [7, 11) is 0. The van der Waals surface area contributed by atoms with Crippen LogP contribution >= 0.6 is 11.6 Å². The van der Waals surface area contributed by atoms with Crippen molar-refractivity contribution < 1.29 is 18.5 Å². The molecule has 1 amide bonds. The number of likely N-dealkylation sites (tertiary alicyclic amines) is 1. The standard InChI is InChI=1S/C12H11ClF2N2O3/c13-5-7-1-2-16(6-7)12(18)8-3-9(14)10(15)4-11(8)17(19)20/h3-4,7H,1-2,5-6H2. The van der Waals surface area contributed by atoms with Gasteiger partial charge in [0.1, 0.15) is 5.56 Å². The zero-order chi connectivity index (χ0) is 14.9. The van der Waals surface area contributed by atoms with Crippen LogP contribution in [0.3, 0.4) is 0 Å². The highest BCUT2D eigenvalue weighted by molar-refractivity contribution is 6.18. The molecule has 0 bridgehead atoms. The molecule has 0 saturated carbocycles. The lowest BCUT2D eigenvalue weighted by molar-refractivity contribution is -0.385. The molecule has 0 aliphatic carbocycles.